The van der Waals surface area contributed by atoms with Gasteiger partial charge in [0, 0.05) is 18.8 Å². The molecule has 0 bridgehead atoms. The molecular formula is C12H16N2O2. The van der Waals surface area contributed by atoms with E-state index in [1.165, 1.54) is 0 Å². The van der Waals surface area contributed by atoms with Gasteiger partial charge in [-0.05, 0) is 30.4 Å². The van der Waals surface area contributed by atoms with E-state index in [4.69, 9.17) is 10.6 Å². The number of carbonyl (C=O) groups is 1. The smallest absolute Gasteiger partial charge is 0.265 e. The minimum Gasteiger partial charge on any atom is -0.381 e. The number of nitrogens with one attached hydrogen (secondary N) is 1. The third kappa shape index (κ3) is 2.23. The number of hydrogen-bond acceptors (Lipinski definition) is 3. The molecule has 4 heteroatoms. The maximum Gasteiger partial charge on any atom is 0.265 e. The van der Waals surface area contributed by atoms with Crippen LogP contribution in [0.3, 0.4) is 0 Å². The number of nitrogens with two attached hydrogens (primary N) is 1. The zero-order chi connectivity index (χ0) is 11.4. The highest BCUT2D eigenvalue weighted by molar-refractivity contribution is 5.95. The predicted octanol–water partition coefficient (Wildman–Crippen LogP) is 1.18. The highest BCUT2D eigenvalue weighted by Crippen LogP contribution is 2.29. The van der Waals surface area contributed by atoms with Crippen molar-refractivity contribution >= 4 is 5.91 Å². The van der Waals surface area contributed by atoms with Gasteiger partial charge in [-0.3, -0.25) is 10.2 Å². The second-order valence-corrected chi connectivity index (χ2v) is 3.95. The lowest BCUT2D eigenvalue weighted by Gasteiger charge is -2.24. The molecule has 3 N–H and O–H groups in total. The van der Waals surface area contributed by atoms with Gasteiger partial charge >= 0.3 is 0 Å². The summed E-state index contributed by atoms with van der Waals surface area (Å²) in [4.78, 5) is 11.6. The van der Waals surface area contributed by atoms with Crippen molar-refractivity contribution < 1.29 is 9.53 Å². The van der Waals surface area contributed by atoms with Crippen LogP contribution >= 0.6 is 0 Å². The van der Waals surface area contributed by atoms with Gasteiger partial charge in [-0.25, -0.2) is 5.84 Å². The molecular weight excluding hydrogens is 204 g/mol. The lowest BCUT2D eigenvalue weighted by molar-refractivity contribution is 0.0841. The first kappa shape index (κ1) is 11.1. The molecule has 1 saturated heterocycles. The van der Waals surface area contributed by atoms with Crippen molar-refractivity contribution in [3.8, 4) is 0 Å². The number of ether oxygens (including phenoxy) is 1. The van der Waals surface area contributed by atoms with Crippen LogP contribution in [0.5, 0.6) is 0 Å². The summed E-state index contributed by atoms with van der Waals surface area (Å²) in [6.07, 6.45) is 1.93. The molecule has 0 radical (unpaired) electrons. The van der Waals surface area contributed by atoms with E-state index >= 15 is 0 Å². The van der Waals surface area contributed by atoms with E-state index in [1.807, 2.05) is 24.3 Å². The SMILES string of the molecule is NNC(=O)c1ccccc1C1CCOCC1. The molecule has 0 spiro atoms. The highest BCUT2D eigenvalue weighted by atomic mass is 16.5. The van der Waals surface area contributed by atoms with Crippen molar-refractivity contribution in [1.82, 2.24) is 5.43 Å². The van der Waals surface area contributed by atoms with Crippen LogP contribution in [0.1, 0.15) is 34.7 Å². The van der Waals surface area contributed by atoms with Crippen LogP contribution in [0.4, 0.5) is 0 Å². The molecule has 86 valence electrons. The molecule has 0 saturated carbocycles. The van der Waals surface area contributed by atoms with Crippen LogP contribution in [-0.2, 0) is 4.74 Å². The first-order valence-electron chi connectivity index (χ1n) is 5.50. The maximum absolute atomic E-state index is 11.6. The molecule has 2 rings (SSSR count). The van der Waals surface area contributed by atoms with Crippen molar-refractivity contribution in [3.63, 3.8) is 0 Å². The molecule has 1 aliphatic rings. The number of amides is 1. The van der Waals surface area contributed by atoms with Gasteiger partial charge < -0.3 is 4.74 Å². The fraction of sp³-hybridized carbons (Fsp3) is 0.417. The number of benzene rings is 1. The van der Waals surface area contributed by atoms with Gasteiger partial charge in [0.2, 0.25) is 0 Å². The molecule has 0 aromatic heterocycles. The summed E-state index contributed by atoms with van der Waals surface area (Å²) in [6.45, 7) is 1.53. The topological polar surface area (TPSA) is 64.3 Å². The van der Waals surface area contributed by atoms with Gasteiger partial charge in [-0.15, -0.1) is 0 Å². The van der Waals surface area contributed by atoms with Crippen LogP contribution in [0.2, 0.25) is 0 Å². The van der Waals surface area contributed by atoms with Gasteiger partial charge in [0.05, 0.1) is 0 Å². The number of carbonyl (C=O) groups excluding carboxylic acids is 1. The molecule has 1 aromatic carbocycles. The Labute approximate surface area is 94.8 Å². The summed E-state index contributed by atoms with van der Waals surface area (Å²) in [5.74, 6) is 5.36. The summed E-state index contributed by atoms with van der Waals surface area (Å²) in [7, 11) is 0. The lowest BCUT2D eigenvalue weighted by Crippen LogP contribution is -2.31. The second kappa shape index (κ2) is 5.09. The average Bonchev–Trinajstić information content (AvgIpc) is 2.39. The quantitative estimate of drug-likeness (QED) is 0.447. The van der Waals surface area contributed by atoms with Gasteiger partial charge in [0.15, 0.2) is 0 Å². The largest absolute Gasteiger partial charge is 0.381 e. The van der Waals surface area contributed by atoms with Gasteiger partial charge in [0.25, 0.3) is 5.91 Å². The van der Waals surface area contributed by atoms with Crippen molar-refractivity contribution in [2.75, 3.05) is 13.2 Å². The third-order valence-electron chi connectivity index (χ3n) is 3.00. The molecule has 1 heterocycles. The Morgan fingerprint density at radius 3 is 2.69 bits per heavy atom. The minimum atomic E-state index is -0.220. The first-order chi connectivity index (χ1) is 7.83. The van der Waals surface area contributed by atoms with Crippen molar-refractivity contribution in [2.45, 2.75) is 18.8 Å². The summed E-state index contributed by atoms with van der Waals surface area (Å²) in [5.41, 5.74) is 3.95. The zero-order valence-corrected chi connectivity index (χ0v) is 9.11. The minimum absolute atomic E-state index is 0.220. The fourth-order valence-electron chi connectivity index (χ4n) is 2.15. The first-order valence-corrected chi connectivity index (χ1v) is 5.50. The molecule has 16 heavy (non-hydrogen) atoms. The number of nitrogen functional groups attached to an aromatic ring is 1. The summed E-state index contributed by atoms with van der Waals surface area (Å²) in [5, 5.41) is 0. The number of hydrogen-bond donors (Lipinski definition) is 2. The molecule has 4 nitrogen and oxygen atoms in total. The highest BCUT2D eigenvalue weighted by Gasteiger charge is 2.20. The molecule has 1 fully saturated rings. The number of hydrazine groups is 1. The molecule has 1 aromatic rings. The Bertz CT molecular complexity index is 373. The zero-order valence-electron chi connectivity index (χ0n) is 9.11. The monoisotopic (exact) mass is 220 g/mol. The van der Waals surface area contributed by atoms with E-state index in [2.05, 4.69) is 5.43 Å². The predicted molar refractivity (Wildman–Crippen MR) is 60.9 cm³/mol. The van der Waals surface area contributed by atoms with Crippen LogP contribution in [-0.4, -0.2) is 19.1 Å². The molecule has 0 aliphatic carbocycles. The Kier molecular flexibility index (Phi) is 3.54. The fourth-order valence-corrected chi connectivity index (χ4v) is 2.15. The summed E-state index contributed by atoms with van der Waals surface area (Å²) >= 11 is 0. The van der Waals surface area contributed by atoms with Crippen LogP contribution in [0.25, 0.3) is 0 Å². The van der Waals surface area contributed by atoms with E-state index in [0.29, 0.717) is 11.5 Å². The maximum atomic E-state index is 11.6. The third-order valence-corrected chi connectivity index (χ3v) is 3.00. The Morgan fingerprint density at radius 2 is 2.00 bits per heavy atom. The summed E-state index contributed by atoms with van der Waals surface area (Å²) in [6, 6.07) is 7.62. The van der Waals surface area contributed by atoms with E-state index in [0.717, 1.165) is 31.6 Å². The Morgan fingerprint density at radius 1 is 1.31 bits per heavy atom. The van der Waals surface area contributed by atoms with Crippen molar-refractivity contribution in [3.05, 3.63) is 35.4 Å². The van der Waals surface area contributed by atoms with Gasteiger partial charge in [-0.2, -0.15) is 0 Å². The van der Waals surface area contributed by atoms with E-state index in [1.54, 1.807) is 0 Å². The van der Waals surface area contributed by atoms with Crippen LogP contribution in [0.15, 0.2) is 24.3 Å². The standard InChI is InChI=1S/C12H16N2O2/c13-14-12(15)11-4-2-1-3-10(11)9-5-7-16-8-6-9/h1-4,9H,5-8,13H2,(H,14,15). The van der Waals surface area contributed by atoms with E-state index in [-0.39, 0.29) is 5.91 Å². The van der Waals surface area contributed by atoms with Crippen LogP contribution < -0.4 is 11.3 Å². The molecule has 0 atom stereocenters. The second-order valence-electron chi connectivity index (χ2n) is 3.95. The Hall–Kier alpha value is -1.39. The van der Waals surface area contributed by atoms with Crippen molar-refractivity contribution in [1.29, 1.82) is 0 Å². The average molecular weight is 220 g/mol. The lowest BCUT2D eigenvalue weighted by atomic mass is 9.88. The molecule has 1 aliphatic heterocycles. The van der Waals surface area contributed by atoms with Crippen molar-refractivity contribution in [2.24, 2.45) is 5.84 Å². The number of rotatable bonds is 2. The van der Waals surface area contributed by atoms with E-state index in [9.17, 15) is 4.79 Å². The van der Waals surface area contributed by atoms with E-state index < -0.39 is 0 Å². The molecule has 1 amide bonds. The van der Waals surface area contributed by atoms with Gasteiger partial charge in [0.1, 0.15) is 0 Å². The summed E-state index contributed by atoms with van der Waals surface area (Å²) < 4.78 is 5.32. The van der Waals surface area contributed by atoms with Crippen LogP contribution in [0, 0.1) is 0 Å². The van der Waals surface area contributed by atoms with Gasteiger partial charge in [-0.1, -0.05) is 18.2 Å². The molecule has 0 unspecified atom stereocenters. The normalized spacial score (nSPS) is 17.1. The Balaban J connectivity index is 2.28.